The summed E-state index contributed by atoms with van der Waals surface area (Å²) in [6.07, 6.45) is -4.83. The number of carbonyl (C=O) groups excluding carboxylic acids is 2. The molecule has 0 fully saturated rings. The maximum atomic E-state index is 14.8. The van der Waals surface area contributed by atoms with Gasteiger partial charge in [-0.2, -0.15) is 23.1 Å². The summed E-state index contributed by atoms with van der Waals surface area (Å²) in [5.41, 5.74) is 0.0175. The van der Waals surface area contributed by atoms with E-state index in [0.717, 1.165) is 10.7 Å². The number of hydrogen-bond acceptors (Lipinski definition) is 6. The summed E-state index contributed by atoms with van der Waals surface area (Å²) in [5.74, 6) is -3.76. The number of rotatable bonds is 6. The smallest absolute Gasteiger partial charge is 0.355 e. The van der Waals surface area contributed by atoms with Crippen LogP contribution in [0.3, 0.4) is 0 Å². The molecule has 2 aromatic heterocycles. The van der Waals surface area contributed by atoms with E-state index in [2.05, 4.69) is 36.0 Å². The summed E-state index contributed by atoms with van der Waals surface area (Å²) < 4.78 is 54.3. The van der Waals surface area contributed by atoms with Crippen LogP contribution in [0.1, 0.15) is 37.9 Å². The predicted octanol–water partition coefficient (Wildman–Crippen LogP) is 4.19. The van der Waals surface area contributed by atoms with Gasteiger partial charge in [-0.05, 0) is 42.0 Å². The second kappa shape index (κ2) is 10.5. The highest BCUT2D eigenvalue weighted by Gasteiger charge is 2.37. The first-order valence-electron chi connectivity index (χ1n) is 10.9. The van der Waals surface area contributed by atoms with Crippen LogP contribution in [-0.4, -0.2) is 48.8 Å². The minimum Gasteiger partial charge on any atom is -0.355 e. The number of hydrogen-bond donors (Lipinski definition) is 2. The number of benzene rings is 2. The zero-order valence-corrected chi connectivity index (χ0v) is 20.8. The number of tetrazole rings is 1. The van der Waals surface area contributed by atoms with Crippen LogP contribution in [0, 0.1) is 19.3 Å². The highest BCUT2D eigenvalue weighted by Crippen LogP contribution is 2.30. The lowest BCUT2D eigenvalue weighted by Gasteiger charge is -2.15. The second-order valence-electron chi connectivity index (χ2n) is 7.97. The summed E-state index contributed by atoms with van der Waals surface area (Å²) in [6.45, 7) is 8.36. The van der Waals surface area contributed by atoms with E-state index in [-0.39, 0.29) is 39.0 Å². The van der Waals surface area contributed by atoms with E-state index in [9.17, 15) is 27.2 Å². The molecule has 0 aliphatic rings. The quantitative estimate of drug-likeness (QED) is 0.269. The SMILES string of the molecule is [C-]#[N+]c1cc(C)c(NC(=O)c2cc(Cn3nnc(C(F)(F)F)n3)nn2-c2c(F)cccc2Cl)c(C(=O)NC)c1. The topological polar surface area (TPSA) is 124 Å². The molecule has 0 radical (unpaired) electrons. The predicted molar refractivity (Wildman–Crippen MR) is 129 cm³/mol. The van der Waals surface area contributed by atoms with Gasteiger partial charge in [0.25, 0.3) is 17.6 Å². The number of anilines is 1. The Morgan fingerprint density at radius 3 is 2.51 bits per heavy atom. The Labute approximate surface area is 222 Å². The molecule has 11 nitrogen and oxygen atoms in total. The standard InChI is InChI=1S/C23H16ClF4N9O2/c1-11-7-12(29-2)8-14(20(38)30-3)18(11)31-21(39)17-9-13(10-36-34-22(32-35-36)23(26,27)28)33-37(17)19-15(24)5-4-6-16(19)25/h4-9H,10H2,1,3H3,(H,30,38)(H,31,39). The van der Waals surface area contributed by atoms with E-state index in [1.807, 2.05) is 0 Å². The molecule has 0 unspecified atom stereocenters. The van der Waals surface area contributed by atoms with Crippen molar-refractivity contribution in [1.82, 2.24) is 35.3 Å². The van der Waals surface area contributed by atoms with Crippen LogP contribution in [0.5, 0.6) is 0 Å². The van der Waals surface area contributed by atoms with Gasteiger partial charge in [0.1, 0.15) is 23.7 Å². The first kappa shape index (κ1) is 27.2. The summed E-state index contributed by atoms with van der Waals surface area (Å²) in [6, 6.07) is 7.70. The number of amides is 2. The van der Waals surface area contributed by atoms with Gasteiger partial charge in [-0.25, -0.2) is 13.9 Å². The molecule has 0 atom stereocenters. The van der Waals surface area contributed by atoms with Gasteiger partial charge in [0, 0.05) is 7.05 Å². The molecular formula is C23H16ClF4N9O2. The number of aryl methyl sites for hydroxylation is 1. The van der Waals surface area contributed by atoms with Crippen molar-refractivity contribution >= 4 is 34.8 Å². The number of nitrogens with zero attached hydrogens (tertiary/aromatic N) is 7. The molecule has 2 amide bonds. The Morgan fingerprint density at radius 2 is 1.90 bits per heavy atom. The number of halogens is 5. The van der Waals surface area contributed by atoms with Gasteiger partial charge < -0.3 is 10.6 Å². The molecule has 2 aromatic carbocycles. The van der Waals surface area contributed by atoms with Crippen molar-refractivity contribution < 1.29 is 27.2 Å². The zero-order chi connectivity index (χ0) is 28.5. The summed E-state index contributed by atoms with van der Waals surface area (Å²) in [7, 11) is 1.37. The van der Waals surface area contributed by atoms with Gasteiger partial charge in [0.05, 0.1) is 28.5 Å². The molecule has 2 heterocycles. The Morgan fingerprint density at radius 1 is 1.15 bits per heavy atom. The van der Waals surface area contributed by atoms with Crippen molar-refractivity contribution in [2.45, 2.75) is 19.6 Å². The Hall–Kier alpha value is -4.84. The normalized spacial score (nSPS) is 11.2. The highest BCUT2D eigenvalue weighted by molar-refractivity contribution is 6.32. The molecule has 0 aliphatic carbocycles. The van der Waals surface area contributed by atoms with E-state index in [0.29, 0.717) is 10.4 Å². The first-order valence-corrected chi connectivity index (χ1v) is 11.2. The molecule has 0 spiro atoms. The average Bonchev–Trinajstić information content (AvgIpc) is 3.52. The van der Waals surface area contributed by atoms with Gasteiger partial charge in [0.15, 0.2) is 5.69 Å². The van der Waals surface area contributed by atoms with E-state index in [4.69, 9.17) is 18.2 Å². The molecule has 0 saturated carbocycles. The molecule has 0 saturated heterocycles. The third-order valence-electron chi connectivity index (χ3n) is 5.31. The van der Waals surface area contributed by atoms with Gasteiger partial charge in [-0.1, -0.05) is 23.7 Å². The summed E-state index contributed by atoms with van der Waals surface area (Å²) in [4.78, 5) is 29.9. The number of nitrogens with one attached hydrogen (secondary N) is 2. The number of aromatic nitrogens is 6. The minimum atomic E-state index is -4.83. The molecule has 4 aromatic rings. The molecule has 2 N–H and O–H groups in total. The molecule has 16 heteroatoms. The fourth-order valence-electron chi connectivity index (χ4n) is 3.59. The lowest BCUT2D eigenvalue weighted by Crippen LogP contribution is -2.23. The molecule has 200 valence electrons. The van der Waals surface area contributed by atoms with Crippen LogP contribution in [0.2, 0.25) is 5.02 Å². The van der Waals surface area contributed by atoms with Crippen LogP contribution < -0.4 is 10.6 Å². The Bertz CT molecular complexity index is 1620. The number of alkyl halides is 3. The Balaban J connectivity index is 1.79. The van der Waals surface area contributed by atoms with E-state index >= 15 is 0 Å². The lowest BCUT2D eigenvalue weighted by molar-refractivity contribution is -0.145. The third-order valence-corrected chi connectivity index (χ3v) is 5.62. The maximum absolute atomic E-state index is 14.8. The van der Waals surface area contributed by atoms with Crippen molar-refractivity contribution in [2.75, 3.05) is 12.4 Å². The van der Waals surface area contributed by atoms with Gasteiger partial charge in [-0.15, -0.1) is 10.2 Å². The van der Waals surface area contributed by atoms with Crippen LogP contribution in [0.25, 0.3) is 10.5 Å². The van der Waals surface area contributed by atoms with E-state index in [1.165, 1.54) is 37.4 Å². The van der Waals surface area contributed by atoms with Crippen LogP contribution >= 0.6 is 11.6 Å². The van der Waals surface area contributed by atoms with Crippen LogP contribution in [0.15, 0.2) is 36.4 Å². The van der Waals surface area contributed by atoms with Gasteiger partial charge in [0.2, 0.25) is 0 Å². The monoisotopic (exact) mass is 561 g/mol. The number of para-hydroxylation sites is 1. The highest BCUT2D eigenvalue weighted by atomic mass is 35.5. The lowest BCUT2D eigenvalue weighted by atomic mass is 10.1. The number of carbonyl (C=O) groups is 2. The molecule has 0 bridgehead atoms. The summed E-state index contributed by atoms with van der Waals surface area (Å²) >= 11 is 6.19. The van der Waals surface area contributed by atoms with Crippen molar-refractivity contribution in [3.63, 3.8) is 0 Å². The van der Waals surface area contributed by atoms with Gasteiger partial charge in [-0.3, -0.25) is 9.59 Å². The van der Waals surface area contributed by atoms with Crippen molar-refractivity contribution in [3.8, 4) is 5.69 Å². The van der Waals surface area contributed by atoms with Crippen molar-refractivity contribution in [3.05, 3.63) is 87.0 Å². The first-order chi connectivity index (χ1) is 18.4. The minimum absolute atomic E-state index is 0.00133. The second-order valence-corrected chi connectivity index (χ2v) is 8.38. The molecular weight excluding hydrogens is 546 g/mol. The molecule has 39 heavy (non-hydrogen) atoms. The fourth-order valence-corrected chi connectivity index (χ4v) is 3.83. The van der Waals surface area contributed by atoms with E-state index < -0.39 is 36.2 Å². The van der Waals surface area contributed by atoms with Crippen LogP contribution in [-0.2, 0) is 12.7 Å². The van der Waals surface area contributed by atoms with Crippen molar-refractivity contribution in [2.24, 2.45) is 0 Å². The zero-order valence-electron chi connectivity index (χ0n) is 20.0. The maximum Gasteiger partial charge on any atom is 0.455 e. The van der Waals surface area contributed by atoms with E-state index in [1.54, 1.807) is 6.92 Å². The molecule has 0 aliphatic heterocycles. The average molecular weight is 562 g/mol. The summed E-state index contributed by atoms with van der Waals surface area (Å²) in [5, 5.41) is 18.6. The van der Waals surface area contributed by atoms with Crippen molar-refractivity contribution in [1.29, 1.82) is 0 Å². The third kappa shape index (κ3) is 5.55. The van der Waals surface area contributed by atoms with Crippen LogP contribution in [0.4, 0.5) is 28.9 Å². The van der Waals surface area contributed by atoms with Gasteiger partial charge >= 0.3 is 6.18 Å². The molecule has 4 rings (SSSR count). The fraction of sp³-hybridized carbons (Fsp3) is 0.174. The largest absolute Gasteiger partial charge is 0.455 e. The Kier molecular flexibility index (Phi) is 7.32.